The van der Waals surface area contributed by atoms with Gasteiger partial charge in [0.1, 0.15) is 0 Å². The van der Waals surface area contributed by atoms with E-state index in [0.29, 0.717) is 19.3 Å². The van der Waals surface area contributed by atoms with Gasteiger partial charge in [0, 0.05) is 42.9 Å². The zero-order valence-corrected chi connectivity index (χ0v) is 30.7. The third-order valence-electron chi connectivity index (χ3n) is 13.7. The second kappa shape index (κ2) is 13.2. The van der Waals surface area contributed by atoms with Crippen LogP contribution in [0.25, 0.3) is 0 Å². The van der Waals surface area contributed by atoms with Gasteiger partial charge in [-0.25, -0.2) is 0 Å². The molecule has 0 amide bonds. The largest absolute Gasteiger partial charge is 0.481 e. The number of carboxylic acid groups (broad SMARTS) is 1. The molecule has 6 fully saturated rings. The Labute approximate surface area is 291 Å². The normalized spacial score (nSPS) is 55.9. The van der Waals surface area contributed by atoms with Crippen LogP contribution >= 0.6 is 0 Å². The molecule has 49 heavy (non-hydrogen) atoms. The van der Waals surface area contributed by atoms with Crippen molar-refractivity contribution in [1.29, 1.82) is 0 Å². The van der Waals surface area contributed by atoms with Crippen LogP contribution in [0.2, 0.25) is 0 Å². The molecular formula is C37H62O12. The number of ether oxygens (including phenoxy) is 6. The summed E-state index contributed by atoms with van der Waals surface area (Å²) >= 11 is 0. The Morgan fingerprint density at radius 3 is 2.24 bits per heavy atom. The van der Waals surface area contributed by atoms with E-state index in [4.69, 9.17) is 28.4 Å². The molecule has 12 nitrogen and oxygen atoms in total. The predicted octanol–water partition coefficient (Wildman–Crippen LogP) is 3.88. The van der Waals surface area contributed by atoms with Crippen LogP contribution in [0.15, 0.2) is 0 Å². The van der Waals surface area contributed by atoms with Gasteiger partial charge >= 0.3 is 5.97 Å². The fourth-order valence-corrected chi connectivity index (χ4v) is 9.99. The maximum Gasteiger partial charge on any atom is 0.308 e. The Kier molecular flexibility index (Phi) is 10.2. The van der Waals surface area contributed by atoms with Gasteiger partial charge in [-0.2, -0.15) is 0 Å². The summed E-state index contributed by atoms with van der Waals surface area (Å²) in [5.74, 6) is -6.57. The number of aliphatic hydroxyl groups is 4. The quantitative estimate of drug-likeness (QED) is 0.260. The Morgan fingerprint density at radius 2 is 1.55 bits per heavy atom. The second-order valence-electron chi connectivity index (χ2n) is 17.5. The highest BCUT2D eigenvalue weighted by Crippen LogP contribution is 2.54. The minimum atomic E-state index is -2.02. The maximum atomic E-state index is 11.5. The first-order valence-electron chi connectivity index (χ1n) is 18.8. The average Bonchev–Trinajstić information content (AvgIpc) is 3.74. The SMILES string of the molecule is C[C@@H](C1C[C@H](O)[C@@H](C)[C@](O)(CC(=O)O)O1)C1O[C@@]2(CC[C@@](C)(C3CC[C@@](C)(C4CCC(C5O[C@](C)(O)[C@H](C)C[C@@H]5C)O4)O3)O2)C[C@H](O)[C@H]1C. The third-order valence-corrected chi connectivity index (χ3v) is 13.7. The van der Waals surface area contributed by atoms with E-state index in [-0.39, 0.29) is 54.5 Å². The standard InChI is InChI=1S/C37H62O12/c1-19-15-20(2)35(8,42)47-31(19)26-9-10-28(44-26)33(6)12-11-29(46-33)34(7)13-14-36(49-34)17-25(39)21(3)32(48-36)22(4)27-16-24(38)23(5)37(43,45-27)18-30(40)41/h19-29,31-32,38-39,42-43H,9-18H2,1-8H3,(H,40,41)/t19-,20+,21+,22-,23+,24-,25-,26?,27?,28?,29?,31?,32?,33-,34-,35-,36+,37-/m0/s1. The maximum absolute atomic E-state index is 11.5. The van der Waals surface area contributed by atoms with Crippen LogP contribution in [0.5, 0.6) is 0 Å². The van der Waals surface area contributed by atoms with Gasteiger partial charge in [0.2, 0.25) is 0 Å². The van der Waals surface area contributed by atoms with Crippen molar-refractivity contribution in [2.75, 3.05) is 0 Å². The number of hydrogen-bond donors (Lipinski definition) is 5. The lowest BCUT2D eigenvalue weighted by atomic mass is 9.76. The zero-order valence-electron chi connectivity index (χ0n) is 30.7. The van der Waals surface area contributed by atoms with Crippen molar-refractivity contribution in [1.82, 2.24) is 0 Å². The molecule has 282 valence electrons. The van der Waals surface area contributed by atoms with Crippen LogP contribution in [-0.4, -0.2) is 109 Å². The molecule has 12 heteroatoms. The number of carbonyl (C=O) groups is 1. The molecule has 0 aromatic carbocycles. The van der Waals surface area contributed by atoms with E-state index in [2.05, 4.69) is 20.8 Å². The molecule has 0 bridgehead atoms. The van der Waals surface area contributed by atoms with Crippen LogP contribution in [0.1, 0.15) is 120 Å². The summed E-state index contributed by atoms with van der Waals surface area (Å²) in [4.78, 5) is 11.5. The fourth-order valence-electron chi connectivity index (χ4n) is 9.99. The molecule has 0 aromatic heterocycles. The van der Waals surface area contributed by atoms with Gasteiger partial charge in [-0.3, -0.25) is 4.79 Å². The van der Waals surface area contributed by atoms with Gasteiger partial charge in [-0.15, -0.1) is 0 Å². The first-order valence-corrected chi connectivity index (χ1v) is 18.8. The van der Waals surface area contributed by atoms with E-state index in [1.807, 2.05) is 20.8 Å². The first kappa shape index (κ1) is 37.8. The van der Waals surface area contributed by atoms with Crippen molar-refractivity contribution in [2.24, 2.45) is 29.6 Å². The highest BCUT2D eigenvalue weighted by molar-refractivity contribution is 5.67. The van der Waals surface area contributed by atoms with E-state index in [9.17, 15) is 30.3 Å². The Bertz CT molecular complexity index is 1220. The van der Waals surface area contributed by atoms with E-state index < -0.39 is 71.3 Å². The van der Waals surface area contributed by atoms with Crippen LogP contribution in [0, 0.1) is 29.6 Å². The molecular weight excluding hydrogens is 636 g/mol. The minimum absolute atomic E-state index is 0.0555. The Hall–Kier alpha value is -0.930. The van der Waals surface area contributed by atoms with Gasteiger partial charge in [0.05, 0.1) is 66.5 Å². The Balaban J connectivity index is 1.11. The Morgan fingerprint density at radius 1 is 0.837 bits per heavy atom. The summed E-state index contributed by atoms with van der Waals surface area (Å²) in [7, 11) is 0. The molecule has 6 rings (SSSR count). The average molecular weight is 699 g/mol. The monoisotopic (exact) mass is 698 g/mol. The van der Waals surface area contributed by atoms with Crippen LogP contribution < -0.4 is 0 Å². The molecule has 1 spiro atoms. The summed E-state index contributed by atoms with van der Waals surface area (Å²) in [6.07, 6.45) is 1.83. The smallest absolute Gasteiger partial charge is 0.308 e. The van der Waals surface area contributed by atoms with Crippen molar-refractivity contribution in [3.05, 3.63) is 0 Å². The lowest BCUT2D eigenvalue weighted by Crippen LogP contribution is -2.60. The van der Waals surface area contributed by atoms with Crippen LogP contribution in [0.4, 0.5) is 0 Å². The van der Waals surface area contributed by atoms with Gasteiger partial charge in [-0.05, 0) is 65.2 Å². The highest BCUT2D eigenvalue weighted by atomic mass is 16.7. The molecule has 0 radical (unpaired) electrons. The molecule has 0 saturated carbocycles. The van der Waals surface area contributed by atoms with Crippen molar-refractivity contribution in [3.63, 3.8) is 0 Å². The summed E-state index contributed by atoms with van der Waals surface area (Å²) in [5.41, 5.74) is -1.16. The number of aliphatic carboxylic acids is 1. The van der Waals surface area contributed by atoms with E-state index in [0.717, 1.165) is 32.1 Å². The van der Waals surface area contributed by atoms with Gasteiger partial charge < -0.3 is 54.0 Å². The van der Waals surface area contributed by atoms with Crippen LogP contribution in [-0.2, 0) is 33.2 Å². The van der Waals surface area contributed by atoms with E-state index >= 15 is 0 Å². The lowest BCUT2D eigenvalue weighted by Gasteiger charge is -2.51. The van der Waals surface area contributed by atoms with Crippen molar-refractivity contribution < 1.29 is 58.7 Å². The fraction of sp³-hybridized carbons (Fsp3) is 0.973. The first-order chi connectivity index (χ1) is 22.7. The summed E-state index contributed by atoms with van der Waals surface area (Å²) in [5, 5.41) is 53.6. The molecule has 6 aliphatic heterocycles. The zero-order chi connectivity index (χ0) is 35.9. The van der Waals surface area contributed by atoms with E-state index in [1.54, 1.807) is 13.8 Å². The number of aliphatic hydroxyl groups excluding tert-OH is 2. The summed E-state index contributed by atoms with van der Waals surface area (Å²) in [6.45, 7) is 15.5. The molecule has 0 aromatic rings. The summed E-state index contributed by atoms with van der Waals surface area (Å²) in [6, 6.07) is 0. The molecule has 6 aliphatic rings. The second-order valence-corrected chi connectivity index (χ2v) is 17.5. The number of rotatable bonds is 7. The molecule has 5 N–H and O–H groups in total. The predicted molar refractivity (Wildman–Crippen MR) is 176 cm³/mol. The van der Waals surface area contributed by atoms with Crippen molar-refractivity contribution >= 4 is 5.97 Å². The van der Waals surface area contributed by atoms with Gasteiger partial charge in [0.15, 0.2) is 17.4 Å². The third kappa shape index (κ3) is 6.98. The van der Waals surface area contributed by atoms with Crippen LogP contribution in [0.3, 0.4) is 0 Å². The number of hydrogen-bond acceptors (Lipinski definition) is 11. The lowest BCUT2D eigenvalue weighted by molar-refractivity contribution is -0.349. The number of carboxylic acids is 1. The summed E-state index contributed by atoms with van der Waals surface area (Å²) < 4.78 is 39.5. The van der Waals surface area contributed by atoms with Gasteiger partial charge in [-0.1, -0.05) is 34.6 Å². The molecule has 6 heterocycles. The molecule has 6 unspecified atom stereocenters. The molecule has 6 saturated heterocycles. The van der Waals surface area contributed by atoms with Gasteiger partial charge in [0.25, 0.3) is 0 Å². The van der Waals surface area contributed by atoms with E-state index in [1.165, 1.54) is 0 Å². The van der Waals surface area contributed by atoms with Crippen molar-refractivity contribution in [3.8, 4) is 0 Å². The molecule has 0 aliphatic carbocycles. The van der Waals surface area contributed by atoms with Crippen molar-refractivity contribution in [2.45, 2.75) is 197 Å². The minimum Gasteiger partial charge on any atom is -0.481 e. The topological polar surface area (TPSA) is 174 Å². The highest BCUT2D eigenvalue weighted by Gasteiger charge is 2.61. The molecule has 18 atom stereocenters.